The van der Waals surface area contributed by atoms with Crippen molar-refractivity contribution in [1.29, 1.82) is 0 Å². The fraction of sp³-hybridized carbons (Fsp3) is 1.00. The van der Waals surface area contributed by atoms with Crippen LogP contribution >= 0.6 is 12.6 Å². The highest BCUT2D eigenvalue weighted by atomic mass is 32.1. The van der Waals surface area contributed by atoms with E-state index in [0.717, 1.165) is 11.7 Å². The third-order valence-corrected chi connectivity index (χ3v) is 3.85. The minimum atomic E-state index is 1.03. The molecule has 2 heteroatoms. The van der Waals surface area contributed by atoms with Gasteiger partial charge in [0.15, 0.2) is 0 Å². The van der Waals surface area contributed by atoms with E-state index >= 15 is 0 Å². The predicted molar refractivity (Wildman–Crippen MR) is 71.8 cm³/mol. The Kier molecular flexibility index (Phi) is 7.54. The Morgan fingerprint density at radius 3 is 2.47 bits per heavy atom. The molecule has 1 aliphatic rings. The summed E-state index contributed by atoms with van der Waals surface area (Å²) in [6.45, 7) is 6.34. The van der Waals surface area contributed by atoms with Crippen LogP contribution in [0.15, 0.2) is 0 Å². The van der Waals surface area contributed by atoms with Gasteiger partial charge in [0.05, 0.1) is 0 Å². The molecular formula is C13H27NS. The van der Waals surface area contributed by atoms with E-state index in [2.05, 4.69) is 24.5 Å². The molecule has 1 heterocycles. The standard InChI is InChI=1S/C13H27NS/c1-2-6-13-7-10-14(11-8-13)9-4-3-5-12-15/h13,15H,2-12H2,1H3. The lowest BCUT2D eigenvalue weighted by Gasteiger charge is -2.31. The van der Waals surface area contributed by atoms with E-state index < -0.39 is 0 Å². The molecule has 0 spiro atoms. The molecule has 0 N–H and O–H groups in total. The summed E-state index contributed by atoms with van der Waals surface area (Å²) in [5, 5.41) is 0. The summed E-state index contributed by atoms with van der Waals surface area (Å²) in [4.78, 5) is 2.66. The van der Waals surface area contributed by atoms with Gasteiger partial charge in [-0.1, -0.05) is 26.2 Å². The molecule has 0 atom stereocenters. The van der Waals surface area contributed by atoms with Crippen molar-refractivity contribution >= 4 is 12.6 Å². The molecule has 0 aliphatic carbocycles. The van der Waals surface area contributed by atoms with Gasteiger partial charge in [-0.2, -0.15) is 12.6 Å². The Labute approximate surface area is 101 Å². The minimum Gasteiger partial charge on any atom is -0.303 e. The SMILES string of the molecule is CCCC1CCN(CCCCCS)CC1. The smallest absolute Gasteiger partial charge is 0.00161 e. The van der Waals surface area contributed by atoms with Gasteiger partial charge in [-0.25, -0.2) is 0 Å². The number of likely N-dealkylation sites (tertiary alicyclic amines) is 1. The van der Waals surface area contributed by atoms with Crippen LogP contribution < -0.4 is 0 Å². The Morgan fingerprint density at radius 2 is 1.87 bits per heavy atom. The largest absolute Gasteiger partial charge is 0.303 e. The van der Waals surface area contributed by atoms with Crippen molar-refractivity contribution < 1.29 is 0 Å². The van der Waals surface area contributed by atoms with Gasteiger partial charge in [0.2, 0.25) is 0 Å². The van der Waals surface area contributed by atoms with Crippen molar-refractivity contribution in [2.75, 3.05) is 25.4 Å². The first-order chi connectivity index (χ1) is 7.36. The quantitative estimate of drug-likeness (QED) is 0.516. The fourth-order valence-corrected chi connectivity index (χ4v) is 2.75. The average molecular weight is 229 g/mol. The molecule has 90 valence electrons. The molecular weight excluding hydrogens is 202 g/mol. The number of unbranched alkanes of at least 4 members (excludes halogenated alkanes) is 2. The van der Waals surface area contributed by atoms with Crippen molar-refractivity contribution in [2.24, 2.45) is 5.92 Å². The summed E-state index contributed by atoms with van der Waals surface area (Å²) in [7, 11) is 0. The Morgan fingerprint density at radius 1 is 1.13 bits per heavy atom. The highest BCUT2D eigenvalue weighted by Crippen LogP contribution is 2.21. The van der Waals surface area contributed by atoms with Crippen molar-refractivity contribution in [3.8, 4) is 0 Å². The maximum Gasteiger partial charge on any atom is -0.00161 e. The number of hydrogen-bond donors (Lipinski definition) is 1. The zero-order chi connectivity index (χ0) is 10.9. The van der Waals surface area contributed by atoms with Crippen LogP contribution in [0.25, 0.3) is 0 Å². The molecule has 0 unspecified atom stereocenters. The van der Waals surface area contributed by atoms with E-state index in [4.69, 9.17) is 0 Å². The van der Waals surface area contributed by atoms with Crippen LogP contribution in [0.2, 0.25) is 0 Å². The van der Waals surface area contributed by atoms with Crippen molar-refractivity contribution in [1.82, 2.24) is 4.90 Å². The van der Waals surface area contributed by atoms with Crippen LogP contribution in [0.1, 0.15) is 51.9 Å². The second-order valence-electron chi connectivity index (χ2n) is 4.86. The molecule has 0 amide bonds. The summed E-state index contributed by atoms with van der Waals surface area (Å²) in [6, 6.07) is 0. The highest BCUT2D eigenvalue weighted by molar-refractivity contribution is 7.80. The molecule has 0 bridgehead atoms. The molecule has 0 aromatic carbocycles. The summed E-state index contributed by atoms with van der Waals surface area (Å²) in [6.07, 6.45) is 9.73. The minimum absolute atomic E-state index is 1.03. The van der Waals surface area contributed by atoms with E-state index in [9.17, 15) is 0 Å². The molecule has 1 nitrogen and oxygen atoms in total. The van der Waals surface area contributed by atoms with Gasteiger partial charge in [0, 0.05) is 0 Å². The second kappa shape index (κ2) is 8.46. The molecule has 1 aliphatic heterocycles. The lowest BCUT2D eigenvalue weighted by Crippen LogP contribution is -2.34. The third kappa shape index (κ3) is 5.82. The number of thiol groups is 1. The normalized spacial score (nSPS) is 19.6. The van der Waals surface area contributed by atoms with Crippen LogP contribution in [0.3, 0.4) is 0 Å². The summed E-state index contributed by atoms with van der Waals surface area (Å²) in [5.41, 5.74) is 0. The second-order valence-corrected chi connectivity index (χ2v) is 5.31. The van der Waals surface area contributed by atoms with Crippen LogP contribution in [0.4, 0.5) is 0 Å². The number of piperidine rings is 1. The van der Waals surface area contributed by atoms with E-state index in [-0.39, 0.29) is 0 Å². The summed E-state index contributed by atoms with van der Waals surface area (Å²) >= 11 is 4.24. The van der Waals surface area contributed by atoms with Crippen LogP contribution in [0.5, 0.6) is 0 Å². The molecule has 0 aromatic rings. The van der Waals surface area contributed by atoms with E-state index in [1.807, 2.05) is 0 Å². The van der Waals surface area contributed by atoms with E-state index in [1.54, 1.807) is 0 Å². The lowest BCUT2D eigenvalue weighted by atomic mass is 9.92. The predicted octanol–water partition coefficient (Wildman–Crippen LogP) is 3.60. The highest BCUT2D eigenvalue weighted by Gasteiger charge is 2.17. The number of rotatable bonds is 7. The maximum atomic E-state index is 4.24. The van der Waals surface area contributed by atoms with Gasteiger partial charge in [0.25, 0.3) is 0 Å². The van der Waals surface area contributed by atoms with E-state index in [0.29, 0.717) is 0 Å². The molecule has 15 heavy (non-hydrogen) atoms. The van der Waals surface area contributed by atoms with Crippen molar-refractivity contribution in [2.45, 2.75) is 51.9 Å². The molecule has 0 radical (unpaired) electrons. The van der Waals surface area contributed by atoms with Crippen LogP contribution in [-0.2, 0) is 0 Å². The molecule has 1 saturated heterocycles. The maximum absolute atomic E-state index is 4.24. The Hall–Kier alpha value is 0.310. The van der Waals surface area contributed by atoms with E-state index in [1.165, 1.54) is 64.6 Å². The third-order valence-electron chi connectivity index (χ3n) is 3.54. The van der Waals surface area contributed by atoms with Crippen molar-refractivity contribution in [3.05, 3.63) is 0 Å². The van der Waals surface area contributed by atoms with Gasteiger partial charge in [-0.15, -0.1) is 0 Å². The Balaban J connectivity index is 1.99. The molecule has 1 rings (SSSR count). The van der Waals surface area contributed by atoms with Crippen molar-refractivity contribution in [3.63, 3.8) is 0 Å². The Bertz CT molecular complexity index is 139. The average Bonchev–Trinajstić information content (AvgIpc) is 2.27. The summed E-state index contributed by atoms with van der Waals surface area (Å²) in [5.74, 6) is 2.09. The first kappa shape index (κ1) is 13.4. The van der Waals surface area contributed by atoms with Gasteiger partial charge in [-0.05, 0) is 57.0 Å². The topological polar surface area (TPSA) is 3.24 Å². The van der Waals surface area contributed by atoms with Gasteiger partial charge >= 0.3 is 0 Å². The summed E-state index contributed by atoms with van der Waals surface area (Å²) < 4.78 is 0. The molecule has 0 saturated carbocycles. The fourth-order valence-electron chi connectivity index (χ4n) is 2.53. The molecule has 0 aromatic heterocycles. The monoisotopic (exact) mass is 229 g/mol. The number of hydrogen-bond acceptors (Lipinski definition) is 2. The van der Waals surface area contributed by atoms with Gasteiger partial charge in [-0.3, -0.25) is 0 Å². The van der Waals surface area contributed by atoms with Crippen LogP contribution in [0, 0.1) is 5.92 Å². The first-order valence-corrected chi connectivity index (χ1v) is 7.33. The van der Waals surface area contributed by atoms with Gasteiger partial charge in [0.1, 0.15) is 0 Å². The zero-order valence-corrected chi connectivity index (χ0v) is 11.1. The number of nitrogens with zero attached hydrogens (tertiary/aromatic N) is 1. The van der Waals surface area contributed by atoms with Gasteiger partial charge < -0.3 is 4.90 Å². The first-order valence-electron chi connectivity index (χ1n) is 6.70. The molecule has 1 fully saturated rings. The lowest BCUT2D eigenvalue weighted by molar-refractivity contribution is 0.176. The zero-order valence-electron chi connectivity index (χ0n) is 10.2. The van der Waals surface area contributed by atoms with Crippen LogP contribution in [-0.4, -0.2) is 30.3 Å².